The third-order valence-electron chi connectivity index (χ3n) is 2.96. The molecule has 0 aromatic heterocycles. The van der Waals surface area contributed by atoms with E-state index in [0.717, 1.165) is 5.56 Å². The molecule has 1 aromatic carbocycles. The molecule has 18 heavy (non-hydrogen) atoms. The number of hydrogen-bond donors (Lipinski definition) is 0. The maximum absolute atomic E-state index is 13.3. The number of halogens is 2. The summed E-state index contributed by atoms with van der Waals surface area (Å²) >= 11 is 5.82. The molecule has 1 aliphatic rings. The summed E-state index contributed by atoms with van der Waals surface area (Å²) in [5.41, 5.74) is 1.10. The quantitative estimate of drug-likeness (QED) is 0.772. The van der Waals surface area contributed by atoms with Crippen LogP contribution in [0.2, 0.25) is 0 Å². The molecule has 3 nitrogen and oxygen atoms in total. The molecule has 0 saturated carbocycles. The minimum Gasteiger partial charge on any atom is -0.377 e. The van der Waals surface area contributed by atoms with Gasteiger partial charge in [0.05, 0.1) is 19.3 Å². The molecule has 2 rings (SSSR count). The maximum Gasteiger partial charge on any atom is 0.254 e. The molecule has 0 aliphatic carbocycles. The van der Waals surface area contributed by atoms with Gasteiger partial charge in [-0.15, -0.1) is 11.6 Å². The Morgan fingerprint density at radius 2 is 2.33 bits per heavy atom. The lowest BCUT2D eigenvalue weighted by Gasteiger charge is -2.34. The van der Waals surface area contributed by atoms with Crippen molar-refractivity contribution in [3.63, 3.8) is 0 Å². The van der Waals surface area contributed by atoms with Crippen LogP contribution in [-0.2, 0) is 4.74 Å². The normalized spacial score (nSPS) is 19.9. The van der Waals surface area contributed by atoms with Crippen LogP contribution in [0.1, 0.15) is 15.9 Å². The number of benzene rings is 1. The summed E-state index contributed by atoms with van der Waals surface area (Å²) in [6.07, 6.45) is 0. The first-order valence-electron chi connectivity index (χ1n) is 5.83. The molecular formula is C13H15ClFNO2. The second kappa shape index (κ2) is 5.67. The molecule has 0 bridgehead atoms. The van der Waals surface area contributed by atoms with Gasteiger partial charge in [-0.05, 0) is 30.7 Å². The fraction of sp³-hybridized carbons (Fsp3) is 0.462. The minimum absolute atomic E-state index is 0.142. The van der Waals surface area contributed by atoms with Gasteiger partial charge in [0.25, 0.3) is 5.91 Å². The Kier molecular flexibility index (Phi) is 4.19. The van der Waals surface area contributed by atoms with Crippen LogP contribution in [0.15, 0.2) is 18.2 Å². The molecule has 1 unspecified atom stereocenters. The van der Waals surface area contributed by atoms with Crippen LogP contribution in [0.5, 0.6) is 0 Å². The van der Waals surface area contributed by atoms with E-state index in [-0.39, 0.29) is 11.9 Å². The average molecular weight is 272 g/mol. The number of morpholine rings is 1. The van der Waals surface area contributed by atoms with Crippen LogP contribution in [-0.4, -0.2) is 42.5 Å². The van der Waals surface area contributed by atoms with E-state index in [2.05, 4.69) is 0 Å². The van der Waals surface area contributed by atoms with Crippen LogP contribution in [0.4, 0.5) is 4.39 Å². The van der Waals surface area contributed by atoms with Crippen molar-refractivity contribution in [2.45, 2.75) is 13.0 Å². The van der Waals surface area contributed by atoms with Crippen molar-refractivity contribution in [3.8, 4) is 0 Å². The highest BCUT2D eigenvalue weighted by molar-refractivity contribution is 6.18. The topological polar surface area (TPSA) is 29.5 Å². The minimum atomic E-state index is -0.394. The molecule has 0 N–H and O–H groups in total. The lowest BCUT2D eigenvalue weighted by atomic mass is 10.1. The van der Waals surface area contributed by atoms with Gasteiger partial charge in [-0.1, -0.05) is 0 Å². The van der Waals surface area contributed by atoms with Crippen molar-refractivity contribution in [1.29, 1.82) is 0 Å². The van der Waals surface area contributed by atoms with E-state index < -0.39 is 5.82 Å². The summed E-state index contributed by atoms with van der Waals surface area (Å²) < 4.78 is 18.6. The molecule has 1 heterocycles. The molecule has 1 saturated heterocycles. The van der Waals surface area contributed by atoms with Crippen molar-refractivity contribution in [3.05, 3.63) is 35.1 Å². The number of carbonyl (C=O) groups is 1. The predicted molar refractivity (Wildman–Crippen MR) is 67.5 cm³/mol. The molecule has 1 aliphatic heterocycles. The fourth-order valence-electron chi connectivity index (χ4n) is 2.08. The van der Waals surface area contributed by atoms with Crippen LogP contribution in [0.25, 0.3) is 0 Å². The first-order chi connectivity index (χ1) is 8.61. The summed E-state index contributed by atoms with van der Waals surface area (Å²) in [5, 5.41) is 0. The van der Waals surface area contributed by atoms with Gasteiger partial charge in [0.1, 0.15) is 5.82 Å². The van der Waals surface area contributed by atoms with E-state index >= 15 is 0 Å². The van der Waals surface area contributed by atoms with Crippen LogP contribution in [0, 0.1) is 12.7 Å². The molecule has 5 heteroatoms. The van der Waals surface area contributed by atoms with E-state index in [9.17, 15) is 9.18 Å². The van der Waals surface area contributed by atoms with Gasteiger partial charge >= 0.3 is 0 Å². The van der Waals surface area contributed by atoms with Crippen LogP contribution < -0.4 is 0 Å². The summed E-state index contributed by atoms with van der Waals surface area (Å²) in [6.45, 7) is 3.18. The zero-order valence-electron chi connectivity index (χ0n) is 10.2. The smallest absolute Gasteiger partial charge is 0.254 e. The number of ether oxygens (including phenoxy) is 1. The first-order valence-corrected chi connectivity index (χ1v) is 6.37. The zero-order chi connectivity index (χ0) is 13.1. The summed E-state index contributed by atoms with van der Waals surface area (Å²) in [6, 6.07) is 4.20. The average Bonchev–Trinajstić information content (AvgIpc) is 2.36. The Hall–Kier alpha value is -1.13. The first kappa shape index (κ1) is 13.3. The van der Waals surface area contributed by atoms with Crippen molar-refractivity contribution < 1.29 is 13.9 Å². The molecule has 1 atom stereocenters. The van der Waals surface area contributed by atoms with E-state index in [0.29, 0.717) is 31.2 Å². The van der Waals surface area contributed by atoms with E-state index in [1.54, 1.807) is 17.9 Å². The Morgan fingerprint density at radius 3 is 3.00 bits per heavy atom. The van der Waals surface area contributed by atoms with Gasteiger partial charge < -0.3 is 9.64 Å². The van der Waals surface area contributed by atoms with E-state index in [4.69, 9.17) is 16.3 Å². The number of nitrogens with zero attached hydrogens (tertiary/aromatic N) is 1. The van der Waals surface area contributed by atoms with Crippen molar-refractivity contribution >= 4 is 17.5 Å². The Bertz CT molecular complexity index is 432. The second-order valence-electron chi connectivity index (χ2n) is 4.40. The Labute approximate surface area is 110 Å². The number of alkyl halides is 1. The van der Waals surface area contributed by atoms with Gasteiger partial charge in [0.15, 0.2) is 0 Å². The molecule has 1 fully saturated rings. The third kappa shape index (κ3) is 2.82. The largest absolute Gasteiger partial charge is 0.377 e. The SMILES string of the molecule is Cc1cc(F)cc(C(=O)N2CCOCC2CCl)c1. The fourth-order valence-corrected chi connectivity index (χ4v) is 2.33. The molecule has 98 valence electrons. The molecular weight excluding hydrogens is 257 g/mol. The second-order valence-corrected chi connectivity index (χ2v) is 4.71. The van der Waals surface area contributed by atoms with Crippen LogP contribution >= 0.6 is 11.6 Å². The van der Waals surface area contributed by atoms with Gasteiger partial charge in [0.2, 0.25) is 0 Å². The standard InChI is InChI=1S/C13H15ClFNO2/c1-9-4-10(6-11(15)5-9)13(17)16-2-3-18-8-12(16)7-14/h4-6,12H,2-3,7-8H2,1H3. The van der Waals surface area contributed by atoms with E-state index in [1.807, 2.05) is 0 Å². The predicted octanol–water partition coefficient (Wildman–Crippen LogP) is 2.21. The summed E-state index contributed by atoms with van der Waals surface area (Å²) in [4.78, 5) is 14.0. The number of amides is 1. The highest BCUT2D eigenvalue weighted by atomic mass is 35.5. The third-order valence-corrected chi connectivity index (χ3v) is 3.31. The number of carbonyl (C=O) groups excluding carboxylic acids is 1. The molecule has 0 spiro atoms. The maximum atomic E-state index is 13.3. The lowest BCUT2D eigenvalue weighted by Crippen LogP contribution is -2.49. The number of rotatable bonds is 2. The van der Waals surface area contributed by atoms with Gasteiger partial charge in [-0.3, -0.25) is 4.79 Å². The number of aryl methyl sites for hydroxylation is 1. The lowest BCUT2D eigenvalue weighted by molar-refractivity contribution is 0.00453. The number of hydrogen-bond acceptors (Lipinski definition) is 2. The van der Waals surface area contributed by atoms with Gasteiger partial charge in [-0.2, -0.15) is 0 Å². The summed E-state index contributed by atoms with van der Waals surface area (Å²) in [7, 11) is 0. The van der Waals surface area contributed by atoms with Crippen LogP contribution in [0.3, 0.4) is 0 Å². The highest BCUT2D eigenvalue weighted by Crippen LogP contribution is 2.16. The molecule has 1 aromatic rings. The monoisotopic (exact) mass is 271 g/mol. The Balaban J connectivity index is 2.23. The Morgan fingerprint density at radius 1 is 1.56 bits per heavy atom. The highest BCUT2D eigenvalue weighted by Gasteiger charge is 2.27. The molecule has 1 amide bonds. The van der Waals surface area contributed by atoms with Gasteiger partial charge in [0, 0.05) is 18.0 Å². The van der Waals surface area contributed by atoms with E-state index in [1.165, 1.54) is 12.1 Å². The van der Waals surface area contributed by atoms with Crippen molar-refractivity contribution in [1.82, 2.24) is 4.90 Å². The van der Waals surface area contributed by atoms with Crippen molar-refractivity contribution in [2.24, 2.45) is 0 Å². The summed E-state index contributed by atoms with van der Waals surface area (Å²) in [5.74, 6) is -0.263. The zero-order valence-corrected chi connectivity index (χ0v) is 10.9. The van der Waals surface area contributed by atoms with Gasteiger partial charge in [-0.25, -0.2) is 4.39 Å². The van der Waals surface area contributed by atoms with Crippen molar-refractivity contribution in [2.75, 3.05) is 25.6 Å². The molecule has 0 radical (unpaired) electrons.